The third kappa shape index (κ3) is 4.27. The standard InChI is InChI=1S/C20H21N3O3/c1-4-25-17-9-7-16(8-10-17)19(24)21-20-23-22-18(26-20)12-15-6-5-13(2)14(3)11-15/h5-11H,4,12H2,1-3H3,(H,21,23,24). The molecule has 26 heavy (non-hydrogen) atoms. The quantitative estimate of drug-likeness (QED) is 0.728. The lowest BCUT2D eigenvalue weighted by Gasteiger charge is -2.04. The molecule has 134 valence electrons. The molecule has 6 nitrogen and oxygen atoms in total. The first-order chi connectivity index (χ1) is 12.5. The van der Waals surface area contributed by atoms with Gasteiger partial charge in [-0.2, -0.15) is 0 Å². The van der Waals surface area contributed by atoms with Crippen molar-refractivity contribution in [1.29, 1.82) is 0 Å². The minimum absolute atomic E-state index is 0.0859. The monoisotopic (exact) mass is 351 g/mol. The Kier molecular flexibility index (Phi) is 5.31. The van der Waals surface area contributed by atoms with Crippen molar-refractivity contribution in [3.8, 4) is 5.75 Å². The van der Waals surface area contributed by atoms with Crippen LogP contribution in [0.3, 0.4) is 0 Å². The van der Waals surface area contributed by atoms with Gasteiger partial charge >= 0.3 is 6.01 Å². The van der Waals surface area contributed by atoms with Gasteiger partial charge in [-0.25, -0.2) is 0 Å². The summed E-state index contributed by atoms with van der Waals surface area (Å²) < 4.78 is 10.9. The van der Waals surface area contributed by atoms with Gasteiger partial charge in [-0.05, 0) is 61.7 Å². The molecule has 0 saturated heterocycles. The van der Waals surface area contributed by atoms with Crippen molar-refractivity contribution in [2.24, 2.45) is 0 Å². The van der Waals surface area contributed by atoms with Gasteiger partial charge < -0.3 is 9.15 Å². The topological polar surface area (TPSA) is 77.2 Å². The summed E-state index contributed by atoms with van der Waals surface area (Å²) in [5.74, 6) is 0.863. The zero-order valence-corrected chi connectivity index (χ0v) is 15.1. The molecule has 0 spiro atoms. The third-order valence-corrected chi connectivity index (χ3v) is 4.04. The largest absolute Gasteiger partial charge is 0.494 e. The van der Waals surface area contributed by atoms with Gasteiger partial charge in [-0.15, -0.1) is 5.10 Å². The maximum Gasteiger partial charge on any atom is 0.322 e. The van der Waals surface area contributed by atoms with Crippen molar-refractivity contribution < 1.29 is 13.9 Å². The molecule has 1 amide bonds. The Morgan fingerprint density at radius 3 is 2.54 bits per heavy atom. The van der Waals surface area contributed by atoms with Crippen molar-refractivity contribution in [1.82, 2.24) is 10.2 Å². The second kappa shape index (κ2) is 7.82. The smallest absolute Gasteiger partial charge is 0.322 e. The average Bonchev–Trinajstić information content (AvgIpc) is 3.06. The van der Waals surface area contributed by atoms with Gasteiger partial charge in [0.1, 0.15) is 5.75 Å². The normalized spacial score (nSPS) is 10.6. The molecule has 3 rings (SSSR count). The molecule has 6 heteroatoms. The first-order valence-electron chi connectivity index (χ1n) is 8.48. The highest BCUT2D eigenvalue weighted by Crippen LogP contribution is 2.16. The van der Waals surface area contributed by atoms with Crippen molar-refractivity contribution in [3.05, 3.63) is 70.6 Å². The van der Waals surface area contributed by atoms with E-state index >= 15 is 0 Å². The number of carbonyl (C=O) groups is 1. The van der Waals surface area contributed by atoms with Crippen LogP contribution in [0.4, 0.5) is 6.01 Å². The number of anilines is 1. The summed E-state index contributed by atoms with van der Waals surface area (Å²) >= 11 is 0. The maximum atomic E-state index is 12.3. The molecule has 0 radical (unpaired) electrons. The molecular formula is C20H21N3O3. The molecule has 3 aromatic rings. The molecule has 0 atom stereocenters. The van der Waals surface area contributed by atoms with Gasteiger partial charge in [0.15, 0.2) is 0 Å². The molecule has 2 aromatic carbocycles. The zero-order chi connectivity index (χ0) is 18.5. The van der Waals surface area contributed by atoms with E-state index in [9.17, 15) is 4.79 Å². The molecule has 1 heterocycles. The number of hydrogen-bond donors (Lipinski definition) is 1. The predicted molar refractivity (Wildman–Crippen MR) is 98.6 cm³/mol. The molecule has 0 fully saturated rings. The Hall–Kier alpha value is -3.15. The van der Waals surface area contributed by atoms with Crippen LogP contribution < -0.4 is 10.1 Å². The average molecular weight is 351 g/mol. The van der Waals surface area contributed by atoms with Gasteiger partial charge in [-0.3, -0.25) is 10.1 Å². The van der Waals surface area contributed by atoms with E-state index in [1.165, 1.54) is 11.1 Å². The van der Waals surface area contributed by atoms with Gasteiger partial charge in [0.05, 0.1) is 13.0 Å². The lowest BCUT2D eigenvalue weighted by Crippen LogP contribution is -2.12. The van der Waals surface area contributed by atoms with Gasteiger partial charge in [0.2, 0.25) is 5.89 Å². The van der Waals surface area contributed by atoms with Crippen molar-refractivity contribution in [3.63, 3.8) is 0 Å². The molecule has 0 saturated carbocycles. The van der Waals surface area contributed by atoms with E-state index in [-0.39, 0.29) is 11.9 Å². The van der Waals surface area contributed by atoms with Crippen LogP contribution >= 0.6 is 0 Å². The summed E-state index contributed by atoms with van der Waals surface area (Å²) in [5.41, 5.74) is 4.03. The number of rotatable bonds is 6. The van der Waals surface area contributed by atoms with E-state index in [0.29, 0.717) is 24.5 Å². The van der Waals surface area contributed by atoms with E-state index in [2.05, 4.69) is 41.5 Å². The fraction of sp³-hybridized carbons (Fsp3) is 0.250. The number of benzene rings is 2. The van der Waals surface area contributed by atoms with Crippen LogP contribution in [-0.4, -0.2) is 22.7 Å². The zero-order valence-electron chi connectivity index (χ0n) is 15.1. The molecule has 1 N–H and O–H groups in total. The van der Waals surface area contributed by atoms with Gasteiger partial charge in [0.25, 0.3) is 5.91 Å². The maximum absolute atomic E-state index is 12.3. The number of nitrogens with one attached hydrogen (secondary N) is 1. The Morgan fingerprint density at radius 1 is 1.08 bits per heavy atom. The summed E-state index contributed by atoms with van der Waals surface area (Å²) in [6.45, 7) is 6.62. The van der Waals surface area contributed by atoms with Crippen molar-refractivity contribution in [2.45, 2.75) is 27.2 Å². The van der Waals surface area contributed by atoms with Crippen LogP contribution in [0.2, 0.25) is 0 Å². The van der Waals surface area contributed by atoms with Crippen molar-refractivity contribution >= 4 is 11.9 Å². The number of nitrogens with zero attached hydrogens (tertiary/aromatic N) is 2. The Labute approximate surface area is 152 Å². The number of carbonyl (C=O) groups excluding carboxylic acids is 1. The molecule has 0 aliphatic carbocycles. The first kappa shape index (κ1) is 17.7. The van der Waals surface area contributed by atoms with Gasteiger partial charge in [-0.1, -0.05) is 23.3 Å². The highest BCUT2D eigenvalue weighted by molar-refractivity contribution is 6.03. The number of amides is 1. The predicted octanol–water partition coefficient (Wildman–Crippen LogP) is 3.93. The van der Waals surface area contributed by atoms with E-state index in [1.54, 1.807) is 24.3 Å². The summed E-state index contributed by atoms with van der Waals surface area (Å²) in [4.78, 5) is 12.3. The number of ether oxygens (including phenoxy) is 1. The molecule has 0 aliphatic heterocycles. The summed E-state index contributed by atoms with van der Waals surface area (Å²) in [6.07, 6.45) is 0.521. The van der Waals surface area contributed by atoms with Crippen LogP contribution in [-0.2, 0) is 6.42 Å². The lowest BCUT2D eigenvalue weighted by molar-refractivity contribution is 0.102. The van der Waals surface area contributed by atoms with Crippen LogP contribution in [0.5, 0.6) is 5.75 Å². The molecular weight excluding hydrogens is 330 g/mol. The highest BCUT2D eigenvalue weighted by Gasteiger charge is 2.12. The molecule has 1 aromatic heterocycles. The van der Waals surface area contributed by atoms with E-state index in [4.69, 9.17) is 9.15 Å². The second-order valence-corrected chi connectivity index (χ2v) is 6.01. The minimum Gasteiger partial charge on any atom is -0.494 e. The molecule has 0 bridgehead atoms. The van der Waals surface area contributed by atoms with Crippen LogP contribution in [0, 0.1) is 13.8 Å². The fourth-order valence-corrected chi connectivity index (χ4v) is 2.50. The van der Waals surface area contributed by atoms with E-state index in [1.807, 2.05) is 13.0 Å². The first-order valence-corrected chi connectivity index (χ1v) is 8.48. The molecule has 0 aliphatic rings. The second-order valence-electron chi connectivity index (χ2n) is 6.01. The fourth-order valence-electron chi connectivity index (χ4n) is 2.50. The lowest BCUT2D eigenvalue weighted by atomic mass is 10.0. The van der Waals surface area contributed by atoms with Crippen LogP contribution in [0.25, 0.3) is 0 Å². The third-order valence-electron chi connectivity index (χ3n) is 4.04. The Balaban J connectivity index is 1.64. The van der Waals surface area contributed by atoms with E-state index in [0.717, 1.165) is 11.3 Å². The Morgan fingerprint density at radius 2 is 1.85 bits per heavy atom. The summed E-state index contributed by atoms with van der Waals surface area (Å²) in [6, 6.07) is 13.1. The SMILES string of the molecule is CCOc1ccc(C(=O)Nc2nnc(Cc3ccc(C)c(C)c3)o2)cc1. The number of aryl methyl sites for hydroxylation is 2. The van der Waals surface area contributed by atoms with Crippen LogP contribution in [0.15, 0.2) is 46.9 Å². The summed E-state index contributed by atoms with van der Waals surface area (Å²) in [5, 5.41) is 10.5. The number of hydrogen-bond acceptors (Lipinski definition) is 5. The number of aromatic nitrogens is 2. The summed E-state index contributed by atoms with van der Waals surface area (Å²) in [7, 11) is 0. The van der Waals surface area contributed by atoms with E-state index < -0.39 is 0 Å². The molecule has 0 unspecified atom stereocenters. The van der Waals surface area contributed by atoms with Gasteiger partial charge in [0, 0.05) is 5.56 Å². The Bertz CT molecular complexity index is 901. The minimum atomic E-state index is -0.311. The van der Waals surface area contributed by atoms with Crippen molar-refractivity contribution in [2.75, 3.05) is 11.9 Å². The van der Waals surface area contributed by atoms with Crippen LogP contribution in [0.1, 0.15) is 39.9 Å². The highest BCUT2D eigenvalue weighted by atomic mass is 16.5.